The summed E-state index contributed by atoms with van der Waals surface area (Å²) in [6.45, 7) is 2.89. The van der Waals surface area contributed by atoms with E-state index >= 15 is 0 Å². The number of rotatable bonds is 3. The van der Waals surface area contributed by atoms with Crippen LogP contribution in [0.4, 0.5) is 5.82 Å². The quantitative estimate of drug-likeness (QED) is 0.533. The highest BCUT2D eigenvalue weighted by molar-refractivity contribution is 5.91. The summed E-state index contributed by atoms with van der Waals surface area (Å²) in [5.74, 6) is 1.72. The van der Waals surface area contributed by atoms with Gasteiger partial charge in [-0.05, 0) is 36.9 Å². The Hall–Kier alpha value is -3.31. The van der Waals surface area contributed by atoms with Crippen LogP contribution in [0.15, 0.2) is 79.1 Å². The maximum absolute atomic E-state index is 5.05. The monoisotopic (exact) mass is 381 g/mol. The number of nitrogens with zero attached hydrogens (tertiary/aromatic N) is 5. The molecule has 5 nitrogen and oxygen atoms in total. The Bertz CT molecular complexity index is 1110. The number of likely N-dealkylation sites (N-methyl/N-ethyl adjacent to an activating group) is 1. The summed E-state index contributed by atoms with van der Waals surface area (Å²) in [4.78, 5) is 19.0. The van der Waals surface area contributed by atoms with E-state index in [2.05, 4.69) is 70.4 Å². The molecule has 144 valence electrons. The van der Waals surface area contributed by atoms with Crippen LogP contribution < -0.4 is 4.90 Å². The average Bonchev–Trinajstić information content (AvgIpc) is 2.79. The van der Waals surface area contributed by atoms with E-state index in [9.17, 15) is 0 Å². The fraction of sp³-hybridized carbons (Fsp3) is 0.208. The molecule has 0 saturated carbocycles. The smallest absolute Gasteiger partial charge is 0.163 e. The van der Waals surface area contributed by atoms with Gasteiger partial charge in [-0.15, -0.1) is 0 Å². The molecule has 1 aliphatic heterocycles. The third-order valence-corrected chi connectivity index (χ3v) is 5.54. The average molecular weight is 381 g/mol. The van der Waals surface area contributed by atoms with Crippen molar-refractivity contribution in [1.82, 2.24) is 19.9 Å². The van der Waals surface area contributed by atoms with Crippen molar-refractivity contribution in [3.05, 3.63) is 84.7 Å². The number of pyridine rings is 1. The van der Waals surface area contributed by atoms with E-state index in [4.69, 9.17) is 9.97 Å². The normalized spacial score (nSPS) is 17.6. The molecule has 1 aliphatic rings. The van der Waals surface area contributed by atoms with Crippen LogP contribution in [-0.2, 0) is 0 Å². The van der Waals surface area contributed by atoms with Gasteiger partial charge in [0.2, 0.25) is 0 Å². The van der Waals surface area contributed by atoms with Gasteiger partial charge in [-0.1, -0.05) is 42.5 Å². The zero-order valence-electron chi connectivity index (χ0n) is 16.4. The van der Waals surface area contributed by atoms with Crippen molar-refractivity contribution in [2.75, 3.05) is 31.6 Å². The van der Waals surface area contributed by atoms with E-state index in [1.807, 2.05) is 24.4 Å². The van der Waals surface area contributed by atoms with E-state index in [0.717, 1.165) is 47.7 Å². The molecular formula is C24H23N5. The van der Waals surface area contributed by atoms with Crippen molar-refractivity contribution in [3.8, 4) is 11.4 Å². The third-order valence-electron chi connectivity index (χ3n) is 5.54. The van der Waals surface area contributed by atoms with Crippen molar-refractivity contribution >= 4 is 16.7 Å². The number of fused-ring (bicyclic) bond motifs is 1. The summed E-state index contributed by atoms with van der Waals surface area (Å²) in [5, 5.41) is 1.09. The van der Waals surface area contributed by atoms with Gasteiger partial charge < -0.3 is 9.80 Å². The van der Waals surface area contributed by atoms with Crippen LogP contribution in [0.5, 0.6) is 0 Å². The molecule has 29 heavy (non-hydrogen) atoms. The third kappa shape index (κ3) is 3.45. The van der Waals surface area contributed by atoms with Gasteiger partial charge >= 0.3 is 0 Å². The van der Waals surface area contributed by atoms with E-state index < -0.39 is 0 Å². The van der Waals surface area contributed by atoms with Crippen LogP contribution in [0.2, 0.25) is 0 Å². The summed E-state index contributed by atoms with van der Waals surface area (Å²) >= 11 is 0. The molecule has 0 N–H and O–H groups in total. The van der Waals surface area contributed by atoms with E-state index in [0.29, 0.717) is 0 Å². The van der Waals surface area contributed by atoms with Gasteiger partial charge in [-0.2, -0.15) is 0 Å². The number of piperazine rings is 1. The Morgan fingerprint density at radius 2 is 1.69 bits per heavy atom. The molecule has 5 heteroatoms. The van der Waals surface area contributed by atoms with Crippen molar-refractivity contribution < 1.29 is 0 Å². The molecule has 1 saturated heterocycles. The molecule has 5 rings (SSSR count). The zero-order chi connectivity index (χ0) is 19.6. The maximum Gasteiger partial charge on any atom is 0.163 e. The first-order valence-corrected chi connectivity index (χ1v) is 9.97. The van der Waals surface area contributed by atoms with Crippen LogP contribution in [0.25, 0.3) is 22.3 Å². The molecule has 0 radical (unpaired) electrons. The first kappa shape index (κ1) is 17.8. The van der Waals surface area contributed by atoms with E-state index in [1.54, 1.807) is 6.20 Å². The largest absolute Gasteiger partial charge is 0.346 e. The van der Waals surface area contributed by atoms with Crippen molar-refractivity contribution in [2.45, 2.75) is 6.04 Å². The maximum atomic E-state index is 5.05. The Kier molecular flexibility index (Phi) is 4.66. The lowest BCUT2D eigenvalue weighted by Crippen LogP contribution is -2.47. The van der Waals surface area contributed by atoms with E-state index in [1.165, 1.54) is 5.56 Å². The summed E-state index contributed by atoms with van der Waals surface area (Å²) in [6, 6.07) is 23.2. The van der Waals surface area contributed by atoms with Crippen LogP contribution in [-0.4, -0.2) is 46.5 Å². The lowest BCUT2D eigenvalue weighted by molar-refractivity contribution is 0.268. The number of benzene rings is 2. The van der Waals surface area contributed by atoms with Crippen LogP contribution in [0, 0.1) is 0 Å². The van der Waals surface area contributed by atoms with Gasteiger partial charge in [0.05, 0.1) is 11.6 Å². The number of aromatic nitrogens is 3. The lowest BCUT2D eigenvalue weighted by atomic mass is 10.0. The fourth-order valence-electron chi connectivity index (χ4n) is 4.04. The van der Waals surface area contributed by atoms with Gasteiger partial charge in [-0.3, -0.25) is 4.98 Å². The highest BCUT2D eigenvalue weighted by atomic mass is 15.3. The Labute approximate surface area is 170 Å². The highest BCUT2D eigenvalue weighted by Crippen LogP contribution is 2.34. The van der Waals surface area contributed by atoms with Gasteiger partial charge in [-0.25, -0.2) is 9.97 Å². The summed E-state index contributed by atoms with van der Waals surface area (Å²) in [7, 11) is 2.19. The number of hydrogen-bond donors (Lipinski definition) is 0. The van der Waals surface area contributed by atoms with Gasteiger partial charge in [0.25, 0.3) is 0 Å². The summed E-state index contributed by atoms with van der Waals surface area (Å²) in [6.07, 6.45) is 3.60. The van der Waals surface area contributed by atoms with Crippen LogP contribution in [0.1, 0.15) is 11.6 Å². The molecule has 0 amide bonds. The predicted molar refractivity (Wildman–Crippen MR) is 117 cm³/mol. The Morgan fingerprint density at radius 1 is 0.862 bits per heavy atom. The first-order valence-electron chi connectivity index (χ1n) is 9.97. The fourth-order valence-corrected chi connectivity index (χ4v) is 4.04. The lowest BCUT2D eigenvalue weighted by Gasteiger charge is -2.41. The second-order valence-electron chi connectivity index (χ2n) is 7.51. The molecule has 0 bridgehead atoms. The number of anilines is 1. The molecule has 1 fully saturated rings. The number of para-hydroxylation sites is 1. The molecule has 2 aromatic carbocycles. The molecule has 4 aromatic rings. The molecular weight excluding hydrogens is 358 g/mol. The van der Waals surface area contributed by atoms with Gasteiger partial charge in [0.1, 0.15) is 5.82 Å². The first-order chi connectivity index (χ1) is 14.3. The molecule has 0 aliphatic carbocycles. The summed E-state index contributed by atoms with van der Waals surface area (Å²) < 4.78 is 0. The zero-order valence-corrected chi connectivity index (χ0v) is 16.4. The second-order valence-corrected chi connectivity index (χ2v) is 7.51. The van der Waals surface area contributed by atoms with Gasteiger partial charge in [0, 0.05) is 43.0 Å². The Balaban J connectivity index is 1.68. The summed E-state index contributed by atoms with van der Waals surface area (Å²) in [5.41, 5.74) is 3.21. The molecule has 0 spiro atoms. The standard InChI is InChI=1S/C24H23N5/c1-28-14-15-29(22(17-28)18-8-3-2-4-9-18)24-20-11-5-6-12-21(20)26-23(27-24)19-10-7-13-25-16-19/h2-13,16,22H,14-15,17H2,1H3/t22-/m0/s1. The molecule has 0 unspecified atom stereocenters. The van der Waals surface area contributed by atoms with Crippen LogP contribution in [0.3, 0.4) is 0 Å². The highest BCUT2D eigenvalue weighted by Gasteiger charge is 2.29. The molecule has 2 aromatic heterocycles. The number of hydrogen-bond acceptors (Lipinski definition) is 5. The topological polar surface area (TPSA) is 45.2 Å². The Morgan fingerprint density at radius 3 is 2.52 bits per heavy atom. The second kappa shape index (κ2) is 7.60. The van der Waals surface area contributed by atoms with Gasteiger partial charge in [0.15, 0.2) is 5.82 Å². The minimum atomic E-state index is 0.245. The van der Waals surface area contributed by atoms with Crippen LogP contribution >= 0.6 is 0 Å². The SMILES string of the molecule is CN1CCN(c2nc(-c3cccnc3)nc3ccccc23)[C@H](c2ccccc2)C1. The van der Waals surface area contributed by atoms with E-state index in [-0.39, 0.29) is 6.04 Å². The van der Waals surface area contributed by atoms with Crippen molar-refractivity contribution in [1.29, 1.82) is 0 Å². The minimum Gasteiger partial charge on any atom is -0.346 e. The predicted octanol–water partition coefficient (Wildman–Crippen LogP) is 4.18. The minimum absolute atomic E-state index is 0.245. The molecule has 1 atom stereocenters. The van der Waals surface area contributed by atoms with Crippen molar-refractivity contribution in [3.63, 3.8) is 0 Å². The molecule has 3 heterocycles. The van der Waals surface area contributed by atoms with Crippen molar-refractivity contribution in [2.24, 2.45) is 0 Å².